The predicted molar refractivity (Wildman–Crippen MR) is 104 cm³/mol. The van der Waals surface area contributed by atoms with Crippen molar-refractivity contribution in [2.45, 2.75) is 39.5 Å². The van der Waals surface area contributed by atoms with E-state index >= 15 is 0 Å². The van der Waals surface area contributed by atoms with Crippen LogP contribution in [0.4, 0.5) is 0 Å². The minimum Gasteiger partial charge on any atom is -0.493 e. The number of para-hydroxylation sites is 2. The van der Waals surface area contributed by atoms with E-state index in [-0.39, 0.29) is 13.2 Å². The molecule has 0 aromatic heterocycles. The number of rotatable bonds is 7. The quantitative estimate of drug-likeness (QED) is 0.749. The van der Waals surface area contributed by atoms with Crippen LogP contribution in [0.1, 0.15) is 27.8 Å². The Kier molecular flexibility index (Phi) is 6.31. The molecular formula is C20H27NO4S. The van der Waals surface area contributed by atoms with Crippen LogP contribution in [-0.4, -0.2) is 28.7 Å². The Bertz CT molecular complexity index is 875. The van der Waals surface area contributed by atoms with Gasteiger partial charge < -0.3 is 9.47 Å². The van der Waals surface area contributed by atoms with E-state index in [1.165, 1.54) is 0 Å². The SMILES string of the molecule is COc1ccccc1OCCNS(=O)(=O)c1c(C)c(C)c(C)c(C)c1C. The van der Waals surface area contributed by atoms with E-state index in [0.29, 0.717) is 16.4 Å². The number of sulfonamides is 1. The molecule has 26 heavy (non-hydrogen) atoms. The molecule has 6 heteroatoms. The highest BCUT2D eigenvalue weighted by molar-refractivity contribution is 7.89. The molecule has 2 aromatic carbocycles. The molecule has 0 aliphatic rings. The summed E-state index contributed by atoms with van der Waals surface area (Å²) in [4.78, 5) is 0.371. The maximum Gasteiger partial charge on any atom is 0.241 e. The van der Waals surface area contributed by atoms with Crippen LogP contribution < -0.4 is 14.2 Å². The second kappa shape index (κ2) is 8.10. The van der Waals surface area contributed by atoms with Gasteiger partial charge in [-0.2, -0.15) is 0 Å². The molecule has 0 saturated carbocycles. The van der Waals surface area contributed by atoms with Crippen LogP contribution >= 0.6 is 0 Å². The van der Waals surface area contributed by atoms with Crippen molar-refractivity contribution in [3.8, 4) is 11.5 Å². The number of ether oxygens (including phenoxy) is 2. The molecule has 0 aliphatic carbocycles. The van der Waals surface area contributed by atoms with Gasteiger partial charge in [-0.25, -0.2) is 13.1 Å². The average molecular weight is 378 g/mol. The predicted octanol–water partition coefficient (Wildman–Crippen LogP) is 3.59. The lowest BCUT2D eigenvalue weighted by Gasteiger charge is -2.19. The van der Waals surface area contributed by atoms with Gasteiger partial charge in [0.2, 0.25) is 10.0 Å². The molecule has 5 nitrogen and oxygen atoms in total. The van der Waals surface area contributed by atoms with E-state index < -0.39 is 10.0 Å². The lowest BCUT2D eigenvalue weighted by molar-refractivity contribution is 0.298. The lowest BCUT2D eigenvalue weighted by atomic mass is 9.95. The first-order chi connectivity index (χ1) is 12.2. The fourth-order valence-corrected chi connectivity index (χ4v) is 4.62. The van der Waals surface area contributed by atoms with Crippen LogP contribution in [0.3, 0.4) is 0 Å². The van der Waals surface area contributed by atoms with Crippen molar-refractivity contribution in [2.75, 3.05) is 20.3 Å². The topological polar surface area (TPSA) is 64.6 Å². The Morgan fingerprint density at radius 2 is 1.35 bits per heavy atom. The fourth-order valence-electron chi connectivity index (χ4n) is 3.02. The second-order valence-corrected chi connectivity index (χ2v) is 8.06. The van der Waals surface area contributed by atoms with Gasteiger partial charge in [-0.3, -0.25) is 0 Å². The standard InChI is InChI=1S/C20H27NO4S/c1-13-14(2)16(4)20(17(5)15(13)3)26(22,23)21-11-12-25-19-10-8-7-9-18(19)24-6/h7-10,21H,11-12H2,1-6H3. The van der Waals surface area contributed by atoms with Crippen LogP contribution in [0.2, 0.25) is 0 Å². The van der Waals surface area contributed by atoms with Crippen LogP contribution in [-0.2, 0) is 10.0 Å². The molecule has 0 saturated heterocycles. The summed E-state index contributed by atoms with van der Waals surface area (Å²) < 4.78 is 39.2. The molecule has 0 spiro atoms. The maximum absolute atomic E-state index is 12.8. The Morgan fingerprint density at radius 3 is 1.88 bits per heavy atom. The second-order valence-electron chi connectivity index (χ2n) is 6.35. The van der Waals surface area contributed by atoms with Gasteiger partial charge >= 0.3 is 0 Å². The molecule has 0 amide bonds. The number of hydrogen-bond acceptors (Lipinski definition) is 4. The monoisotopic (exact) mass is 377 g/mol. The average Bonchev–Trinajstić information content (AvgIpc) is 2.62. The lowest BCUT2D eigenvalue weighted by Crippen LogP contribution is -2.30. The van der Waals surface area contributed by atoms with E-state index in [2.05, 4.69) is 4.72 Å². The van der Waals surface area contributed by atoms with Gasteiger partial charge in [-0.05, 0) is 74.6 Å². The van der Waals surface area contributed by atoms with Crippen LogP contribution in [0.5, 0.6) is 11.5 Å². The molecule has 0 fully saturated rings. The first-order valence-electron chi connectivity index (χ1n) is 8.53. The molecule has 0 unspecified atom stereocenters. The summed E-state index contributed by atoms with van der Waals surface area (Å²) in [5, 5.41) is 0. The molecule has 0 aliphatic heterocycles. The van der Waals surface area contributed by atoms with Crippen molar-refractivity contribution < 1.29 is 17.9 Å². The van der Waals surface area contributed by atoms with Crippen molar-refractivity contribution in [1.29, 1.82) is 0 Å². The van der Waals surface area contributed by atoms with Crippen molar-refractivity contribution in [3.05, 3.63) is 52.1 Å². The molecular weight excluding hydrogens is 350 g/mol. The molecule has 0 atom stereocenters. The Labute approximate surface area is 156 Å². The summed E-state index contributed by atoms with van der Waals surface area (Å²) in [6, 6.07) is 7.27. The highest BCUT2D eigenvalue weighted by atomic mass is 32.2. The summed E-state index contributed by atoms with van der Waals surface area (Å²) >= 11 is 0. The van der Waals surface area contributed by atoms with E-state index in [1.54, 1.807) is 19.2 Å². The van der Waals surface area contributed by atoms with Crippen molar-refractivity contribution in [2.24, 2.45) is 0 Å². The third-order valence-electron chi connectivity index (χ3n) is 4.92. The highest BCUT2D eigenvalue weighted by Crippen LogP contribution is 2.29. The normalized spacial score (nSPS) is 11.5. The van der Waals surface area contributed by atoms with Crippen LogP contribution in [0.15, 0.2) is 29.2 Å². The zero-order valence-corrected chi connectivity index (χ0v) is 17.1. The van der Waals surface area contributed by atoms with Crippen molar-refractivity contribution in [3.63, 3.8) is 0 Å². The minimum absolute atomic E-state index is 0.172. The van der Waals surface area contributed by atoms with Gasteiger partial charge in [0.1, 0.15) is 6.61 Å². The minimum atomic E-state index is -3.61. The maximum atomic E-state index is 12.8. The number of hydrogen-bond donors (Lipinski definition) is 1. The van der Waals surface area contributed by atoms with Gasteiger partial charge in [0.25, 0.3) is 0 Å². The zero-order valence-electron chi connectivity index (χ0n) is 16.3. The van der Waals surface area contributed by atoms with Crippen LogP contribution in [0.25, 0.3) is 0 Å². The van der Waals surface area contributed by atoms with E-state index in [0.717, 1.165) is 27.8 Å². The summed E-state index contributed by atoms with van der Waals surface area (Å²) in [5.74, 6) is 1.20. The zero-order chi connectivity index (χ0) is 19.5. The van der Waals surface area contributed by atoms with E-state index in [1.807, 2.05) is 46.8 Å². The van der Waals surface area contributed by atoms with Crippen LogP contribution in [0, 0.1) is 34.6 Å². The summed E-state index contributed by atoms with van der Waals surface area (Å²) in [5.41, 5.74) is 4.75. The Balaban J connectivity index is 2.13. The first kappa shape index (κ1) is 20.3. The molecule has 2 rings (SSSR count). The number of methoxy groups -OCH3 is 1. The third-order valence-corrected chi connectivity index (χ3v) is 6.65. The molecule has 2 aromatic rings. The van der Waals surface area contributed by atoms with Gasteiger partial charge in [0, 0.05) is 6.54 Å². The van der Waals surface area contributed by atoms with Crippen molar-refractivity contribution >= 4 is 10.0 Å². The molecule has 0 heterocycles. The number of benzene rings is 2. The highest BCUT2D eigenvalue weighted by Gasteiger charge is 2.23. The smallest absolute Gasteiger partial charge is 0.241 e. The van der Waals surface area contributed by atoms with Gasteiger partial charge in [-0.15, -0.1) is 0 Å². The molecule has 1 N–H and O–H groups in total. The molecule has 0 bridgehead atoms. The van der Waals surface area contributed by atoms with E-state index in [4.69, 9.17) is 9.47 Å². The summed E-state index contributed by atoms with van der Waals surface area (Å²) in [7, 11) is -2.05. The fraction of sp³-hybridized carbons (Fsp3) is 0.400. The Hall–Kier alpha value is -2.05. The summed E-state index contributed by atoms with van der Waals surface area (Å²) in [6.45, 7) is 10.0. The molecule has 142 valence electrons. The molecule has 0 radical (unpaired) electrons. The third kappa shape index (κ3) is 4.02. The largest absolute Gasteiger partial charge is 0.493 e. The summed E-state index contributed by atoms with van der Waals surface area (Å²) in [6.07, 6.45) is 0. The number of nitrogens with one attached hydrogen (secondary N) is 1. The van der Waals surface area contributed by atoms with Gasteiger partial charge in [0.05, 0.1) is 12.0 Å². The van der Waals surface area contributed by atoms with E-state index in [9.17, 15) is 8.42 Å². The van der Waals surface area contributed by atoms with Gasteiger partial charge in [0.15, 0.2) is 11.5 Å². The van der Waals surface area contributed by atoms with Gasteiger partial charge in [-0.1, -0.05) is 12.1 Å². The van der Waals surface area contributed by atoms with Crippen molar-refractivity contribution in [1.82, 2.24) is 4.72 Å². The Morgan fingerprint density at radius 1 is 0.846 bits per heavy atom. The first-order valence-corrected chi connectivity index (χ1v) is 10.0.